The number of rotatable bonds is 13. The van der Waals surface area contributed by atoms with Crippen LogP contribution in [0.15, 0.2) is 72.8 Å². The summed E-state index contributed by atoms with van der Waals surface area (Å²) in [7, 11) is -3.85. The fourth-order valence-electron chi connectivity index (χ4n) is 4.35. The molecule has 214 valence electrons. The molecule has 10 heteroatoms. The van der Waals surface area contributed by atoms with Gasteiger partial charge < -0.3 is 10.2 Å². The summed E-state index contributed by atoms with van der Waals surface area (Å²) in [5.74, 6) is -0.896. The van der Waals surface area contributed by atoms with Crippen molar-refractivity contribution in [1.29, 1.82) is 0 Å². The second-order valence-electron chi connectivity index (χ2n) is 9.63. The van der Waals surface area contributed by atoms with Gasteiger partial charge in [0, 0.05) is 35.1 Å². The second kappa shape index (κ2) is 14.5. The Balaban J connectivity index is 2.09. The summed E-state index contributed by atoms with van der Waals surface area (Å²) in [6.07, 6.45) is 2.95. The molecule has 2 amide bonds. The lowest BCUT2D eigenvalue weighted by Gasteiger charge is -2.34. The first-order valence-corrected chi connectivity index (χ1v) is 15.7. The van der Waals surface area contributed by atoms with Gasteiger partial charge in [-0.1, -0.05) is 91.1 Å². The molecule has 3 aromatic rings. The first-order valence-electron chi connectivity index (χ1n) is 13.1. The Morgan fingerprint density at radius 1 is 0.925 bits per heavy atom. The van der Waals surface area contributed by atoms with Gasteiger partial charge in [-0.25, -0.2) is 8.42 Å². The minimum atomic E-state index is -3.85. The van der Waals surface area contributed by atoms with Crippen molar-refractivity contribution in [1.82, 2.24) is 10.2 Å². The highest BCUT2D eigenvalue weighted by molar-refractivity contribution is 7.92. The number of hydrogen-bond acceptors (Lipinski definition) is 4. The average Bonchev–Trinajstić information content (AvgIpc) is 2.91. The first-order chi connectivity index (χ1) is 19.0. The molecule has 0 unspecified atom stereocenters. The van der Waals surface area contributed by atoms with Gasteiger partial charge in [0.25, 0.3) is 0 Å². The van der Waals surface area contributed by atoms with Crippen molar-refractivity contribution in [2.24, 2.45) is 0 Å². The van der Waals surface area contributed by atoms with E-state index in [1.165, 1.54) is 4.90 Å². The molecule has 40 heavy (non-hydrogen) atoms. The van der Waals surface area contributed by atoms with E-state index in [1.54, 1.807) is 49.4 Å². The van der Waals surface area contributed by atoms with Crippen LogP contribution in [-0.4, -0.2) is 50.5 Å². The zero-order chi connectivity index (χ0) is 29.3. The zero-order valence-electron chi connectivity index (χ0n) is 22.9. The summed E-state index contributed by atoms with van der Waals surface area (Å²) in [5, 5.41) is 3.63. The minimum absolute atomic E-state index is 0.0819. The van der Waals surface area contributed by atoms with E-state index in [2.05, 4.69) is 5.32 Å². The smallest absolute Gasteiger partial charge is 0.244 e. The molecule has 1 N–H and O–H groups in total. The number of para-hydroxylation sites is 1. The van der Waals surface area contributed by atoms with Crippen LogP contribution in [0.4, 0.5) is 5.69 Å². The molecule has 3 aromatic carbocycles. The zero-order valence-corrected chi connectivity index (χ0v) is 25.3. The number of amides is 2. The Bertz CT molecular complexity index is 1400. The van der Waals surface area contributed by atoms with E-state index < -0.39 is 28.5 Å². The van der Waals surface area contributed by atoms with Gasteiger partial charge in [0.2, 0.25) is 21.8 Å². The van der Waals surface area contributed by atoms with Crippen molar-refractivity contribution in [2.75, 3.05) is 23.7 Å². The number of nitrogens with zero attached hydrogens (tertiary/aromatic N) is 2. The predicted octanol–water partition coefficient (Wildman–Crippen LogP) is 5.62. The summed E-state index contributed by atoms with van der Waals surface area (Å²) >= 11 is 13.0. The number of carbonyl (C=O) groups excluding carboxylic acids is 2. The number of sulfonamides is 1. The quantitative estimate of drug-likeness (QED) is 0.257. The lowest BCUT2D eigenvalue weighted by molar-refractivity contribution is -0.140. The third-order valence-electron chi connectivity index (χ3n) is 6.55. The van der Waals surface area contributed by atoms with Gasteiger partial charge in [0.05, 0.1) is 11.9 Å². The highest BCUT2D eigenvalue weighted by atomic mass is 35.5. The average molecular weight is 605 g/mol. The second-order valence-corrected chi connectivity index (χ2v) is 12.3. The maximum atomic E-state index is 14.1. The Morgan fingerprint density at radius 3 is 2.15 bits per heavy atom. The number of anilines is 1. The van der Waals surface area contributed by atoms with Crippen LogP contribution in [0.3, 0.4) is 0 Å². The van der Waals surface area contributed by atoms with E-state index >= 15 is 0 Å². The lowest BCUT2D eigenvalue weighted by Crippen LogP contribution is -2.53. The fourth-order valence-corrected chi connectivity index (χ4v) is 5.78. The molecule has 0 aliphatic carbocycles. The van der Waals surface area contributed by atoms with Gasteiger partial charge in [-0.3, -0.25) is 13.9 Å². The standard InChI is InChI=1S/C30H35Cl2N3O4S/c1-4-5-18-33-30(37)28(19-23-13-7-6-8-14-23)34(20-24-25(31)15-11-16-26(24)32)29(36)21-35(40(3,38)39)27-17-10-9-12-22(27)2/h6-17,28H,4-5,18-21H2,1-3H3,(H,33,37)/t28-/m1/s1. The fraction of sp³-hybridized carbons (Fsp3) is 0.333. The molecule has 0 aromatic heterocycles. The SMILES string of the molecule is CCCCNC(=O)[C@@H](Cc1ccccc1)N(Cc1c(Cl)cccc1Cl)C(=O)CN(c1ccccc1C)S(C)(=O)=O. The monoisotopic (exact) mass is 603 g/mol. The number of halogens is 2. The molecular weight excluding hydrogens is 569 g/mol. The van der Waals surface area contributed by atoms with E-state index in [0.717, 1.165) is 29.0 Å². The Kier molecular flexibility index (Phi) is 11.4. The number of unbranched alkanes of at least 4 members (excludes halogenated alkanes) is 1. The van der Waals surface area contributed by atoms with Crippen LogP contribution in [0.25, 0.3) is 0 Å². The molecular formula is C30H35Cl2N3O4S. The Hall–Kier alpha value is -3.07. The third-order valence-corrected chi connectivity index (χ3v) is 8.39. The van der Waals surface area contributed by atoms with Crippen molar-refractivity contribution >= 4 is 50.7 Å². The van der Waals surface area contributed by atoms with Crippen LogP contribution < -0.4 is 9.62 Å². The van der Waals surface area contributed by atoms with Gasteiger partial charge in [-0.2, -0.15) is 0 Å². The molecule has 0 saturated carbocycles. The van der Waals surface area contributed by atoms with Crippen LogP contribution in [0.2, 0.25) is 10.0 Å². The van der Waals surface area contributed by atoms with E-state index in [0.29, 0.717) is 33.4 Å². The van der Waals surface area contributed by atoms with Crippen LogP contribution >= 0.6 is 23.2 Å². The molecule has 1 atom stereocenters. The molecule has 0 spiro atoms. The summed E-state index contributed by atoms with van der Waals surface area (Å²) in [4.78, 5) is 29.2. The van der Waals surface area contributed by atoms with Gasteiger partial charge in [0.1, 0.15) is 12.6 Å². The topological polar surface area (TPSA) is 86.8 Å². The number of carbonyl (C=O) groups is 2. The summed E-state index contributed by atoms with van der Waals surface area (Å²) in [6.45, 7) is 3.67. The van der Waals surface area contributed by atoms with E-state index in [4.69, 9.17) is 23.2 Å². The van der Waals surface area contributed by atoms with Gasteiger partial charge >= 0.3 is 0 Å². The maximum absolute atomic E-state index is 14.1. The molecule has 7 nitrogen and oxygen atoms in total. The third kappa shape index (κ3) is 8.46. The van der Waals surface area contributed by atoms with Crippen LogP contribution in [-0.2, 0) is 32.6 Å². The molecule has 0 saturated heterocycles. The van der Waals surface area contributed by atoms with Crippen molar-refractivity contribution in [3.63, 3.8) is 0 Å². The molecule has 0 aliphatic heterocycles. The Morgan fingerprint density at radius 2 is 1.55 bits per heavy atom. The molecule has 0 fully saturated rings. The molecule has 0 radical (unpaired) electrons. The van der Waals surface area contributed by atoms with Gasteiger partial charge in [0.15, 0.2) is 0 Å². The predicted molar refractivity (Wildman–Crippen MR) is 162 cm³/mol. The molecule has 3 rings (SSSR count). The largest absolute Gasteiger partial charge is 0.354 e. The van der Waals surface area contributed by atoms with E-state index in [9.17, 15) is 18.0 Å². The minimum Gasteiger partial charge on any atom is -0.354 e. The number of benzene rings is 3. The molecule has 0 heterocycles. The van der Waals surface area contributed by atoms with Crippen LogP contribution in [0.1, 0.15) is 36.5 Å². The van der Waals surface area contributed by atoms with Crippen molar-refractivity contribution in [3.8, 4) is 0 Å². The maximum Gasteiger partial charge on any atom is 0.244 e. The van der Waals surface area contributed by atoms with E-state index in [-0.39, 0.29) is 18.9 Å². The van der Waals surface area contributed by atoms with Crippen LogP contribution in [0.5, 0.6) is 0 Å². The highest BCUT2D eigenvalue weighted by Crippen LogP contribution is 2.28. The normalized spacial score (nSPS) is 12.0. The number of nitrogens with one attached hydrogen (secondary N) is 1. The molecule has 0 bridgehead atoms. The first kappa shape index (κ1) is 31.5. The summed E-state index contributed by atoms with van der Waals surface area (Å²) in [6, 6.07) is 20.4. The van der Waals surface area contributed by atoms with Crippen molar-refractivity contribution < 1.29 is 18.0 Å². The number of hydrogen-bond donors (Lipinski definition) is 1. The molecule has 0 aliphatic rings. The number of aryl methyl sites for hydroxylation is 1. The van der Waals surface area contributed by atoms with Crippen LogP contribution in [0, 0.1) is 6.92 Å². The van der Waals surface area contributed by atoms with Crippen molar-refractivity contribution in [3.05, 3.63) is 99.5 Å². The lowest BCUT2D eigenvalue weighted by atomic mass is 10.0. The van der Waals surface area contributed by atoms with E-state index in [1.807, 2.05) is 37.3 Å². The Labute approximate surface area is 247 Å². The summed E-state index contributed by atoms with van der Waals surface area (Å²) < 4.78 is 26.9. The van der Waals surface area contributed by atoms with Gasteiger partial charge in [-0.05, 0) is 42.7 Å². The van der Waals surface area contributed by atoms with Crippen molar-refractivity contribution in [2.45, 2.75) is 45.7 Å². The van der Waals surface area contributed by atoms with Gasteiger partial charge in [-0.15, -0.1) is 0 Å². The summed E-state index contributed by atoms with van der Waals surface area (Å²) in [5.41, 5.74) is 2.40. The highest BCUT2D eigenvalue weighted by Gasteiger charge is 2.34.